The number of rotatable bonds is 3. The Morgan fingerprint density at radius 1 is 1.38 bits per heavy atom. The quantitative estimate of drug-likeness (QED) is 0.842. The molecule has 86 valence electrons. The van der Waals surface area contributed by atoms with Gasteiger partial charge in [0.15, 0.2) is 9.84 Å². The molecule has 0 bridgehead atoms. The molecule has 4 nitrogen and oxygen atoms in total. The zero-order valence-electron chi connectivity index (χ0n) is 9.03. The zero-order valence-corrected chi connectivity index (χ0v) is 9.84. The zero-order chi connectivity index (χ0) is 11.8. The lowest BCUT2D eigenvalue weighted by molar-refractivity contribution is 0.601. The third kappa shape index (κ3) is 2.25. The van der Waals surface area contributed by atoms with E-state index in [1.165, 1.54) is 6.26 Å². The Morgan fingerprint density at radius 2 is 2.12 bits per heavy atom. The largest absolute Gasteiger partial charge is 0.361 e. The lowest BCUT2D eigenvalue weighted by atomic mass is 10.1. The minimum atomic E-state index is -3.01. The third-order valence-electron chi connectivity index (χ3n) is 2.49. The van der Waals surface area contributed by atoms with Crippen molar-refractivity contribution >= 4 is 20.7 Å². The molecule has 1 aromatic heterocycles. The van der Waals surface area contributed by atoms with Crippen molar-refractivity contribution in [3.8, 4) is 0 Å². The molecule has 2 aromatic rings. The van der Waals surface area contributed by atoms with Crippen LogP contribution in [0.2, 0.25) is 0 Å². The van der Waals surface area contributed by atoms with E-state index in [9.17, 15) is 8.42 Å². The molecule has 2 rings (SSSR count). The van der Waals surface area contributed by atoms with Crippen LogP contribution in [-0.4, -0.2) is 19.7 Å². The highest BCUT2D eigenvalue weighted by Crippen LogP contribution is 2.21. The average Bonchev–Trinajstić information content (AvgIpc) is 2.58. The number of hydrogen-bond acceptors (Lipinski definition) is 3. The lowest BCUT2D eigenvalue weighted by Gasteiger charge is -2.00. The van der Waals surface area contributed by atoms with E-state index in [2.05, 4.69) is 4.98 Å². The molecule has 16 heavy (non-hydrogen) atoms. The molecule has 0 spiro atoms. The fraction of sp³-hybridized carbons (Fsp3) is 0.273. The second-order valence-electron chi connectivity index (χ2n) is 3.97. The molecule has 0 unspecified atom stereocenters. The number of aromatic amines is 1. The van der Waals surface area contributed by atoms with Gasteiger partial charge >= 0.3 is 0 Å². The highest BCUT2D eigenvalue weighted by molar-refractivity contribution is 7.89. The van der Waals surface area contributed by atoms with E-state index < -0.39 is 9.84 Å². The van der Waals surface area contributed by atoms with Gasteiger partial charge in [-0.15, -0.1) is 0 Å². The summed E-state index contributed by atoms with van der Waals surface area (Å²) in [4.78, 5) is 3.06. The van der Waals surface area contributed by atoms with Crippen LogP contribution >= 0.6 is 0 Å². The summed E-state index contributed by atoms with van der Waals surface area (Å²) < 4.78 is 22.5. The predicted octanol–water partition coefficient (Wildman–Crippen LogP) is 1.17. The van der Waals surface area contributed by atoms with Gasteiger partial charge in [-0.1, -0.05) is 6.07 Å². The number of H-pyrrole nitrogens is 1. The number of aromatic nitrogens is 1. The van der Waals surface area contributed by atoms with Gasteiger partial charge in [-0.25, -0.2) is 8.42 Å². The first-order valence-corrected chi connectivity index (χ1v) is 7.02. The first-order chi connectivity index (χ1) is 7.49. The maximum Gasteiger partial charge on any atom is 0.151 e. The average molecular weight is 238 g/mol. The summed E-state index contributed by atoms with van der Waals surface area (Å²) >= 11 is 0. The SMILES string of the molecule is CS(=O)(=O)Cc1c[nH]c2ccc(CN)cc12. The molecule has 1 aromatic carbocycles. The minimum Gasteiger partial charge on any atom is -0.361 e. The van der Waals surface area contributed by atoms with E-state index in [4.69, 9.17) is 5.73 Å². The van der Waals surface area contributed by atoms with Crippen molar-refractivity contribution in [2.45, 2.75) is 12.3 Å². The van der Waals surface area contributed by atoms with Gasteiger partial charge in [0, 0.05) is 29.9 Å². The molecule has 1 heterocycles. The fourth-order valence-corrected chi connectivity index (χ4v) is 2.56. The highest BCUT2D eigenvalue weighted by Gasteiger charge is 2.10. The monoisotopic (exact) mass is 238 g/mol. The summed E-state index contributed by atoms with van der Waals surface area (Å²) in [7, 11) is -3.01. The number of hydrogen-bond donors (Lipinski definition) is 2. The van der Waals surface area contributed by atoms with Gasteiger partial charge in [0.25, 0.3) is 0 Å². The van der Waals surface area contributed by atoms with Gasteiger partial charge in [-0.05, 0) is 23.3 Å². The van der Waals surface area contributed by atoms with E-state index in [1.807, 2.05) is 18.2 Å². The minimum absolute atomic E-state index is 0.0566. The third-order valence-corrected chi connectivity index (χ3v) is 3.32. The topological polar surface area (TPSA) is 76.0 Å². The van der Waals surface area contributed by atoms with Crippen LogP contribution in [0.25, 0.3) is 10.9 Å². The van der Waals surface area contributed by atoms with Crippen molar-refractivity contribution < 1.29 is 8.42 Å². The van der Waals surface area contributed by atoms with Gasteiger partial charge in [-0.2, -0.15) is 0 Å². The van der Waals surface area contributed by atoms with Crippen LogP contribution < -0.4 is 5.73 Å². The summed E-state index contributed by atoms with van der Waals surface area (Å²) in [6.07, 6.45) is 2.98. The van der Waals surface area contributed by atoms with Crippen molar-refractivity contribution in [2.24, 2.45) is 5.73 Å². The standard InChI is InChI=1S/C11H14N2O2S/c1-16(14,15)7-9-6-13-11-3-2-8(5-12)4-10(9)11/h2-4,6,13H,5,7,12H2,1H3. The summed E-state index contributed by atoms with van der Waals surface area (Å²) in [5.74, 6) is 0.0566. The summed E-state index contributed by atoms with van der Waals surface area (Å²) in [5, 5.41) is 0.938. The van der Waals surface area contributed by atoms with Crippen LogP contribution in [0.3, 0.4) is 0 Å². The summed E-state index contributed by atoms with van der Waals surface area (Å²) in [6.45, 7) is 0.458. The first kappa shape index (κ1) is 11.2. The molecule has 0 fully saturated rings. The molecule has 0 aliphatic heterocycles. The van der Waals surface area contributed by atoms with Crippen molar-refractivity contribution in [3.63, 3.8) is 0 Å². The Bertz CT molecular complexity index is 614. The van der Waals surface area contributed by atoms with Crippen LogP contribution in [0.15, 0.2) is 24.4 Å². The molecule has 0 saturated carbocycles. The van der Waals surface area contributed by atoms with Crippen LogP contribution in [0.5, 0.6) is 0 Å². The maximum absolute atomic E-state index is 11.3. The van der Waals surface area contributed by atoms with Crippen LogP contribution in [-0.2, 0) is 22.1 Å². The van der Waals surface area contributed by atoms with Gasteiger partial charge in [-0.3, -0.25) is 0 Å². The van der Waals surface area contributed by atoms with Crippen molar-refractivity contribution in [2.75, 3.05) is 6.26 Å². The van der Waals surface area contributed by atoms with Crippen LogP contribution in [0.1, 0.15) is 11.1 Å². The molecule has 0 radical (unpaired) electrons. The van der Waals surface area contributed by atoms with E-state index >= 15 is 0 Å². The molecule has 0 aliphatic rings. The number of benzene rings is 1. The van der Waals surface area contributed by atoms with Crippen molar-refractivity contribution in [1.82, 2.24) is 4.98 Å². The Hall–Kier alpha value is -1.33. The second-order valence-corrected chi connectivity index (χ2v) is 6.11. The Balaban J connectivity index is 2.54. The molecule has 0 amide bonds. The van der Waals surface area contributed by atoms with E-state index in [0.29, 0.717) is 6.54 Å². The van der Waals surface area contributed by atoms with Crippen molar-refractivity contribution in [3.05, 3.63) is 35.5 Å². The Kier molecular flexibility index (Phi) is 2.73. The smallest absolute Gasteiger partial charge is 0.151 e. The lowest BCUT2D eigenvalue weighted by Crippen LogP contribution is -2.00. The number of nitrogens with two attached hydrogens (primary N) is 1. The Labute approximate surface area is 94.4 Å². The van der Waals surface area contributed by atoms with E-state index in [1.54, 1.807) is 6.20 Å². The van der Waals surface area contributed by atoms with E-state index in [-0.39, 0.29) is 5.75 Å². The molecule has 5 heteroatoms. The predicted molar refractivity (Wildman–Crippen MR) is 64.7 cm³/mol. The molecule has 0 aliphatic carbocycles. The van der Waals surface area contributed by atoms with Gasteiger partial charge in [0.1, 0.15) is 0 Å². The first-order valence-electron chi connectivity index (χ1n) is 4.96. The molecular weight excluding hydrogens is 224 g/mol. The number of fused-ring (bicyclic) bond motifs is 1. The molecule has 3 N–H and O–H groups in total. The summed E-state index contributed by atoms with van der Waals surface area (Å²) in [5.41, 5.74) is 8.30. The van der Waals surface area contributed by atoms with E-state index in [0.717, 1.165) is 22.0 Å². The molecular formula is C11H14N2O2S. The molecule has 0 saturated heterocycles. The number of nitrogens with one attached hydrogen (secondary N) is 1. The van der Waals surface area contributed by atoms with Gasteiger partial charge < -0.3 is 10.7 Å². The van der Waals surface area contributed by atoms with Crippen molar-refractivity contribution in [1.29, 1.82) is 0 Å². The Morgan fingerprint density at radius 3 is 2.75 bits per heavy atom. The number of sulfone groups is 1. The normalized spacial score (nSPS) is 12.1. The highest BCUT2D eigenvalue weighted by atomic mass is 32.2. The van der Waals surface area contributed by atoms with Crippen LogP contribution in [0.4, 0.5) is 0 Å². The van der Waals surface area contributed by atoms with Crippen LogP contribution in [0, 0.1) is 0 Å². The second kappa shape index (κ2) is 3.92. The summed E-state index contributed by atoms with van der Waals surface area (Å²) in [6, 6.07) is 5.79. The fourth-order valence-electron chi connectivity index (χ4n) is 1.75. The van der Waals surface area contributed by atoms with Gasteiger partial charge in [0.2, 0.25) is 0 Å². The van der Waals surface area contributed by atoms with Gasteiger partial charge in [0.05, 0.1) is 5.75 Å². The maximum atomic E-state index is 11.3. The molecule has 0 atom stereocenters.